The summed E-state index contributed by atoms with van der Waals surface area (Å²) in [5, 5.41) is 9.18. The van der Waals surface area contributed by atoms with Gasteiger partial charge in [-0.1, -0.05) is 13.8 Å². The topological polar surface area (TPSA) is 55.8 Å². The Bertz CT molecular complexity index is 270. The van der Waals surface area contributed by atoms with Crippen molar-refractivity contribution in [3.8, 4) is 0 Å². The van der Waals surface area contributed by atoms with Gasteiger partial charge in [-0.05, 0) is 33.6 Å². The van der Waals surface area contributed by atoms with E-state index in [0.717, 1.165) is 0 Å². The Kier molecular flexibility index (Phi) is 3.41. The summed E-state index contributed by atoms with van der Waals surface area (Å²) >= 11 is 0. The third-order valence-electron chi connectivity index (χ3n) is 3.57. The SMILES string of the molecule is CC(C)[C@H](B1OC(C)(C)C(C)(C)O1)C(=O)O. The van der Waals surface area contributed by atoms with E-state index in [1.165, 1.54) is 0 Å². The lowest BCUT2D eigenvalue weighted by Gasteiger charge is -2.32. The van der Waals surface area contributed by atoms with Crippen molar-refractivity contribution in [3.05, 3.63) is 0 Å². The van der Waals surface area contributed by atoms with Crippen LogP contribution in [0.1, 0.15) is 41.5 Å². The maximum absolute atomic E-state index is 11.2. The summed E-state index contributed by atoms with van der Waals surface area (Å²) in [7, 11) is -0.664. The van der Waals surface area contributed by atoms with Gasteiger partial charge in [0.15, 0.2) is 0 Å². The van der Waals surface area contributed by atoms with E-state index >= 15 is 0 Å². The first-order chi connectivity index (χ1) is 7.08. The van der Waals surface area contributed by atoms with Gasteiger partial charge >= 0.3 is 13.1 Å². The van der Waals surface area contributed by atoms with Crippen molar-refractivity contribution in [3.63, 3.8) is 0 Å². The highest BCUT2D eigenvalue weighted by molar-refractivity contribution is 6.52. The van der Waals surface area contributed by atoms with E-state index in [2.05, 4.69) is 0 Å². The second kappa shape index (κ2) is 4.04. The molecule has 0 aromatic carbocycles. The quantitative estimate of drug-likeness (QED) is 0.752. The van der Waals surface area contributed by atoms with E-state index in [4.69, 9.17) is 9.31 Å². The summed E-state index contributed by atoms with van der Waals surface area (Å²) in [5.74, 6) is -1.51. The van der Waals surface area contributed by atoms with Gasteiger partial charge in [0.05, 0.1) is 17.0 Å². The Labute approximate surface area is 97.5 Å². The maximum Gasteiger partial charge on any atom is 0.473 e. The normalized spacial score (nSPS) is 24.8. The fourth-order valence-corrected chi connectivity index (χ4v) is 1.75. The van der Waals surface area contributed by atoms with E-state index in [1.54, 1.807) is 0 Å². The maximum atomic E-state index is 11.2. The molecule has 1 rings (SSSR count). The summed E-state index contributed by atoms with van der Waals surface area (Å²) in [5.41, 5.74) is -0.944. The predicted molar refractivity (Wildman–Crippen MR) is 62.3 cm³/mol. The van der Waals surface area contributed by atoms with Crippen LogP contribution in [-0.2, 0) is 14.1 Å². The highest BCUT2D eigenvalue weighted by Crippen LogP contribution is 2.41. The minimum atomic E-state index is -0.867. The summed E-state index contributed by atoms with van der Waals surface area (Å²) in [6, 6.07) is 0. The van der Waals surface area contributed by atoms with E-state index < -0.39 is 30.1 Å². The van der Waals surface area contributed by atoms with Crippen LogP contribution in [0.2, 0.25) is 5.82 Å². The van der Waals surface area contributed by atoms with Gasteiger partial charge in [0.2, 0.25) is 0 Å². The molecule has 0 radical (unpaired) electrons. The van der Waals surface area contributed by atoms with Gasteiger partial charge in [-0.2, -0.15) is 0 Å². The first kappa shape index (κ1) is 13.5. The van der Waals surface area contributed by atoms with Crippen LogP contribution in [0.4, 0.5) is 0 Å². The Balaban J connectivity index is 2.89. The number of aliphatic carboxylic acids is 1. The molecule has 0 saturated carbocycles. The lowest BCUT2D eigenvalue weighted by molar-refractivity contribution is -0.138. The number of hydrogen-bond donors (Lipinski definition) is 1. The number of rotatable bonds is 3. The molecule has 16 heavy (non-hydrogen) atoms. The van der Waals surface area contributed by atoms with Crippen LogP contribution in [0.25, 0.3) is 0 Å². The third-order valence-corrected chi connectivity index (χ3v) is 3.57. The average Bonchev–Trinajstić information content (AvgIpc) is 2.17. The van der Waals surface area contributed by atoms with Crippen molar-refractivity contribution in [1.82, 2.24) is 0 Å². The zero-order valence-corrected chi connectivity index (χ0v) is 10.9. The number of carbonyl (C=O) groups is 1. The monoisotopic (exact) mass is 228 g/mol. The molecule has 0 bridgehead atoms. The van der Waals surface area contributed by atoms with Crippen molar-refractivity contribution in [2.45, 2.75) is 58.6 Å². The smallest absolute Gasteiger partial charge is 0.473 e. The minimum absolute atomic E-state index is 0.0211. The molecule has 92 valence electrons. The minimum Gasteiger partial charge on any atom is -0.481 e. The highest BCUT2D eigenvalue weighted by atomic mass is 16.7. The van der Waals surface area contributed by atoms with Gasteiger partial charge in [0, 0.05) is 0 Å². The summed E-state index contributed by atoms with van der Waals surface area (Å²) in [4.78, 5) is 11.2. The zero-order valence-electron chi connectivity index (χ0n) is 10.9. The van der Waals surface area contributed by atoms with Crippen LogP contribution in [-0.4, -0.2) is 29.4 Å². The Morgan fingerprint density at radius 1 is 1.12 bits per heavy atom. The molecule has 4 nitrogen and oxygen atoms in total. The fraction of sp³-hybridized carbons (Fsp3) is 0.909. The molecule has 0 spiro atoms. The molecule has 1 atom stereocenters. The molecule has 1 fully saturated rings. The lowest BCUT2D eigenvalue weighted by atomic mass is 9.66. The van der Waals surface area contributed by atoms with E-state index in [-0.39, 0.29) is 5.92 Å². The van der Waals surface area contributed by atoms with E-state index in [1.807, 2.05) is 41.5 Å². The molecule has 0 aromatic heterocycles. The Morgan fingerprint density at radius 2 is 1.50 bits per heavy atom. The van der Waals surface area contributed by atoms with Crippen LogP contribution in [0.3, 0.4) is 0 Å². The van der Waals surface area contributed by atoms with Crippen molar-refractivity contribution >= 4 is 13.1 Å². The molecule has 0 amide bonds. The fourth-order valence-electron chi connectivity index (χ4n) is 1.75. The van der Waals surface area contributed by atoms with Crippen LogP contribution in [0.5, 0.6) is 0 Å². The van der Waals surface area contributed by atoms with Crippen molar-refractivity contribution in [2.24, 2.45) is 5.92 Å². The number of carboxylic acids is 1. The van der Waals surface area contributed by atoms with Gasteiger partial charge in [-0.3, -0.25) is 4.79 Å². The first-order valence-corrected chi connectivity index (χ1v) is 5.67. The molecule has 1 heterocycles. The van der Waals surface area contributed by atoms with Gasteiger partial charge in [0.25, 0.3) is 0 Å². The third kappa shape index (κ3) is 2.25. The standard InChI is InChI=1S/C11H21BO4/c1-7(2)8(9(13)14)12-15-10(3,4)11(5,6)16-12/h7-8H,1-6H3,(H,13,14)/t8-/m0/s1. The van der Waals surface area contributed by atoms with Crippen LogP contribution in [0.15, 0.2) is 0 Å². The Morgan fingerprint density at radius 3 is 1.75 bits per heavy atom. The van der Waals surface area contributed by atoms with Crippen LogP contribution >= 0.6 is 0 Å². The van der Waals surface area contributed by atoms with E-state index in [0.29, 0.717) is 0 Å². The molecule has 0 aromatic rings. The summed E-state index contributed by atoms with van der Waals surface area (Å²) in [6.45, 7) is 11.4. The van der Waals surface area contributed by atoms with Gasteiger partial charge in [0.1, 0.15) is 0 Å². The second-order valence-electron chi connectivity index (χ2n) is 5.73. The lowest BCUT2D eigenvalue weighted by Crippen LogP contribution is -2.41. The molecule has 1 aliphatic heterocycles. The molecule has 0 aliphatic carbocycles. The number of carboxylic acid groups (broad SMARTS) is 1. The van der Waals surface area contributed by atoms with Gasteiger partial charge in [-0.15, -0.1) is 0 Å². The summed E-state index contributed by atoms with van der Waals surface area (Å²) in [6.07, 6.45) is 0. The van der Waals surface area contributed by atoms with Crippen LogP contribution in [0, 0.1) is 5.92 Å². The first-order valence-electron chi connectivity index (χ1n) is 5.67. The van der Waals surface area contributed by atoms with E-state index in [9.17, 15) is 9.90 Å². The van der Waals surface area contributed by atoms with Crippen molar-refractivity contribution in [2.75, 3.05) is 0 Å². The van der Waals surface area contributed by atoms with Crippen molar-refractivity contribution < 1.29 is 19.2 Å². The molecule has 5 heteroatoms. The van der Waals surface area contributed by atoms with Gasteiger partial charge in [-0.25, -0.2) is 0 Å². The molecular weight excluding hydrogens is 207 g/mol. The average molecular weight is 228 g/mol. The van der Waals surface area contributed by atoms with Gasteiger partial charge < -0.3 is 14.4 Å². The molecular formula is C11H21BO4. The summed E-state index contributed by atoms with van der Waals surface area (Å²) < 4.78 is 11.5. The molecule has 1 aliphatic rings. The van der Waals surface area contributed by atoms with Crippen LogP contribution < -0.4 is 0 Å². The zero-order chi connectivity index (χ0) is 12.7. The van der Waals surface area contributed by atoms with Crippen molar-refractivity contribution in [1.29, 1.82) is 0 Å². The second-order valence-corrected chi connectivity index (χ2v) is 5.73. The number of hydrogen-bond acceptors (Lipinski definition) is 3. The molecule has 1 saturated heterocycles. The largest absolute Gasteiger partial charge is 0.481 e. The predicted octanol–water partition coefficient (Wildman–Crippen LogP) is 2.19. The highest BCUT2D eigenvalue weighted by Gasteiger charge is 2.56. The molecule has 0 unspecified atom stereocenters. The molecule has 1 N–H and O–H groups in total. The Hall–Kier alpha value is -0.545.